The van der Waals surface area contributed by atoms with E-state index in [1.807, 2.05) is 0 Å². The van der Waals surface area contributed by atoms with E-state index in [0.717, 1.165) is 6.26 Å². The van der Waals surface area contributed by atoms with Gasteiger partial charge in [-0.15, -0.1) is 4.40 Å². The van der Waals surface area contributed by atoms with Gasteiger partial charge in [-0.3, -0.25) is 0 Å². The molecule has 0 aliphatic carbocycles. The standard InChI is InChI=1S/C7H12N2O2S/c1-5-7(8-6(2)3)9-12(4,10)11/h5H,1-2H2,3-4H3,(H,8,9). The quantitative estimate of drug-likeness (QED) is 0.522. The summed E-state index contributed by atoms with van der Waals surface area (Å²) in [6.45, 7) is 8.63. The van der Waals surface area contributed by atoms with Crippen molar-refractivity contribution in [3.05, 3.63) is 24.9 Å². The average molecular weight is 188 g/mol. The number of hydrogen-bond acceptors (Lipinski definition) is 2. The first kappa shape index (κ1) is 10.9. The third-order valence-corrected chi connectivity index (χ3v) is 1.33. The number of sulfonamides is 1. The van der Waals surface area contributed by atoms with Gasteiger partial charge in [0.25, 0.3) is 10.0 Å². The number of nitrogens with zero attached hydrogens (tertiary/aromatic N) is 1. The monoisotopic (exact) mass is 188 g/mol. The molecule has 5 heteroatoms. The van der Waals surface area contributed by atoms with E-state index in [4.69, 9.17) is 0 Å². The van der Waals surface area contributed by atoms with Crippen LogP contribution < -0.4 is 5.32 Å². The van der Waals surface area contributed by atoms with Crippen LogP contribution in [0.3, 0.4) is 0 Å². The van der Waals surface area contributed by atoms with E-state index in [0.29, 0.717) is 5.70 Å². The molecule has 0 heterocycles. The van der Waals surface area contributed by atoms with Gasteiger partial charge in [-0.2, -0.15) is 0 Å². The molecule has 0 saturated heterocycles. The molecular formula is C7H12N2O2S. The van der Waals surface area contributed by atoms with E-state index in [1.54, 1.807) is 6.92 Å². The molecule has 0 fully saturated rings. The molecule has 0 aromatic heterocycles. The maximum atomic E-state index is 10.7. The number of amidine groups is 1. The zero-order valence-electron chi connectivity index (χ0n) is 7.16. The third-order valence-electron chi connectivity index (χ3n) is 0.799. The Kier molecular flexibility index (Phi) is 3.69. The zero-order chi connectivity index (χ0) is 9.78. The van der Waals surface area contributed by atoms with Gasteiger partial charge in [0, 0.05) is 5.70 Å². The number of rotatable bonds is 3. The van der Waals surface area contributed by atoms with Crippen LogP contribution in [-0.4, -0.2) is 20.5 Å². The first-order valence-corrected chi connectivity index (χ1v) is 5.05. The van der Waals surface area contributed by atoms with Gasteiger partial charge in [0.15, 0.2) is 0 Å². The molecule has 0 aromatic carbocycles. The Labute approximate surface area is 72.8 Å². The molecule has 0 bridgehead atoms. The molecule has 0 unspecified atom stereocenters. The van der Waals surface area contributed by atoms with E-state index in [9.17, 15) is 8.42 Å². The Morgan fingerprint density at radius 3 is 2.33 bits per heavy atom. The highest BCUT2D eigenvalue weighted by Gasteiger charge is 1.99. The Morgan fingerprint density at radius 1 is 1.58 bits per heavy atom. The zero-order valence-corrected chi connectivity index (χ0v) is 7.98. The number of allylic oxidation sites excluding steroid dienone is 1. The maximum absolute atomic E-state index is 10.7. The molecule has 12 heavy (non-hydrogen) atoms. The predicted molar refractivity (Wildman–Crippen MR) is 50.4 cm³/mol. The van der Waals surface area contributed by atoms with Gasteiger partial charge in [0.1, 0.15) is 5.84 Å². The second kappa shape index (κ2) is 4.06. The van der Waals surface area contributed by atoms with Crippen molar-refractivity contribution in [2.45, 2.75) is 6.92 Å². The fraction of sp³-hybridized carbons (Fsp3) is 0.286. The van der Waals surface area contributed by atoms with Crippen molar-refractivity contribution in [1.82, 2.24) is 5.32 Å². The van der Waals surface area contributed by atoms with Gasteiger partial charge in [0.2, 0.25) is 0 Å². The summed E-state index contributed by atoms with van der Waals surface area (Å²) in [5, 5.41) is 2.64. The maximum Gasteiger partial charge on any atom is 0.252 e. The SMILES string of the molecule is C=C/C(=N\S(C)(=O)=O)NC(=C)C. The van der Waals surface area contributed by atoms with Gasteiger partial charge >= 0.3 is 0 Å². The van der Waals surface area contributed by atoms with Crippen LogP contribution in [0.25, 0.3) is 0 Å². The molecule has 0 rings (SSSR count). The van der Waals surface area contributed by atoms with Crippen LogP contribution in [0.4, 0.5) is 0 Å². The van der Waals surface area contributed by atoms with Crippen molar-refractivity contribution >= 4 is 15.9 Å². The minimum atomic E-state index is -3.37. The van der Waals surface area contributed by atoms with Crippen LogP contribution in [0.15, 0.2) is 29.3 Å². The predicted octanol–water partition coefficient (Wildman–Crippen LogP) is 0.654. The summed E-state index contributed by atoms with van der Waals surface area (Å²) in [6.07, 6.45) is 2.33. The number of nitrogens with one attached hydrogen (secondary N) is 1. The molecule has 0 saturated carbocycles. The first-order chi connectivity index (χ1) is 5.35. The smallest absolute Gasteiger partial charge is 0.252 e. The fourth-order valence-electron chi connectivity index (χ4n) is 0.508. The van der Waals surface area contributed by atoms with Gasteiger partial charge < -0.3 is 5.32 Å². The van der Waals surface area contributed by atoms with E-state index in [1.165, 1.54) is 6.08 Å². The Bertz CT molecular complexity index is 314. The largest absolute Gasteiger partial charge is 0.344 e. The molecule has 4 nitrogen and oxygen atoms in total. The van der Waals surface area contributed by atoms with E-state index in [2.05, 4.69) is 22.9 Å². The van der Waals surface area contributed by atoms with Crippen molar-refractivity contribution in [2.24, 2.45) is 4.40 Å². The van der Waals surface area contributed by atoms with Crippen LogP contribution >= 0.6 is 0 Å². The van der Waals surface area contributed by atoms with Crippen LogP contribution in [0.1, 0.15) is 6.92 Å². The van der Waals surface area contributed by atoms with E-state index < -0.39 is 10.0 Å². The average Bonchev–Trinajstić information content (AvgIpc) is 1.82. The van der Waals surface area contributed by atoms with Crippen LogP contribution in [0.5, 0.6) is 0 Å². The van der Waals surface area contributed by atoms with Gasteiger partial charge in [0.05, 0.1) is 6.26 Å². The molecule has 0 aromatic rings. The highest BCUT2D eigenvalue weighted by Crippen LogP contribution is 1.89. The minimum absolute atomic E-state index is 0.185. The Balaban J connectivity index is 4.68. The van der Waals surface area contributed by atoms with Crippen molar-refractivity contribution < 1.29 is 8.42 Å². The fourth-order valence-corrected chi connectivity index (χ4v) is 0.986. The lowest BCUT2D eigenvalue weighted by Gasteiger charge is -2.02. The van der Waals surface area contributed by atoms with E-state index in [-0.39, 0.29) is 5.84 Å². The van der Waals surface area contributed by atoms with Crippen LogP contribution in [0, 0.1) is 0 Å². The van der Waals surface area contributed by atoms with Crippen LogP contribution in [0.2, 0.25) is 0 Å². The van der Waals surface area contributed by atoms with Crippen molar-refractivity contribution in [1.29, 1.82) is 0 Å². The van der Waals surface area contributed by atoms with Crippen molar-refractivity contribution in [3.8, 4) is 0 Å². The normalized spacial score (nSPS) is 12.3. The molecule has 68 valence electrons. The topological polar surface area (TPSA) is 58.5 Å². The summed E-state index contributed by atoms with van der Waals surface area (Å²) >= 11 is 0. The Morgan fingerprint density at radius 2 is 2.08 bits per heavy atom. The number of hydrogen-bond donors (Lipinski definition) is 1. The van der Waals surface area contributed by atoms with Gasteiger partial charge in [-0.05, 0) is 13.0 Å². The minimum Gasteiger partial charge on any atom is -0.344 e. The summed E-state index contributed by atoms with van der Waals surface area (Å²) in [5.41, 5.74) is 0.609. The summed E-state index contributed by atoms with van der Waals surface area (Å²) in [7, 11) is -3.37. The molecule has 0 atom stereocenters. The van der Waals surface area contributed by atoms with Crippen LogP contribution in [-0.2, 0) is 10.0 Å². The lowest BCUT2D eigenvalue weighted by atomic mass is 10.5. The molecule has 0 radical (unpaired) electrons. The molecular weight excluding hydrogens is 176 g/mol. The third kappa shape index (κ3) is 5.67. The lowest BCUT2D eigenvalue weighted by molar-refractivity contribution is 0.603. The summed E-state index contributed by atoms with van der Waals surface area (Å²) in [6, 6.07) is 0. The van der Waals surface area contributed by atoms with Crippen molar-refractivity contribution in [2.75, 3.05) is 6.26 Å². The van der Waals surface area contributed by atoms with Gasteiger partial charge in [-0.25, -0.2) is 8.42 Å². The Hall–Kier alpha value is -1.10. The van der Waals surface area contributed by atoms with Gasteiger partial charge in [-0.1, -0.05) is 13.2 Å². The molecule has 0 aliphatic rings. The van der Waals surface area contributed by atoms with Crippen molar-refractivity contribution in [3.63, 3.8) is 0 Å². The molecule has 1 N–H and O–H groups in total. The second-order valence-corrected chi connectivity index (χ2v) is 3.97. The lowest BCUT2D eigenvalue weighted by Crippen LogP contribution is -2.19. The van der Waals surface area contributed by atoms with E-state index >= 15 is 0 Å². The summed E-state index contributed by atoms with van der Waals surface area (Å²) in [5.74, 6) is 0.185. The molecule has 0 aliphatic heterocycles. The summed E-state index contributed by atoms with van der Waals surface area (Å²) < 4.78 is 24.7. The highest BCUT2D eigenvalue weighted by atomic mass is 32.2. The summed E-state index contributed by atoms with van der Waals surface area (Å²) in [4.78, 5) is 0. The molecule has 0 amide bonds. The highest BCUT2D eigenvalue weighted by molar-refractivity contribution is 7.89. The molecule has 0 spiro atoms. The second-order valence-electron chi connectivity index (χ2n) is 2.32. The first-order valence-electron chi connectivity index (χ1n) is 3.20.